The van der Waals surface area contributed by atoms with Crippen molar-refractivity contribution in [2.24, 2.45) is 0 Å². The van der Waals surface area contributed by atoms with E-state index in [1.54, 1.807) is 19.0 Å². The molecule has 1 rings (SSSR count). The summed E-state index contributed by atoms with van der Waals surface area (Å²) in [5.41, 5.74) is 6.34. The van der Waals surface area contributed by atoms with Crippen molar-refractivity contribution >= 4 is 11.4 Å². The molecule has 68 valence electrons. The fourth-order valence-corrected chi connectivity index (χ4v) is 1.04. The van der Waals surface area contributed by atoms with Crippen molar-refractivity contribution in [3.8, 4) is 6.07 Å². The van der Waals surface area contributed by atoms with Gasteiger partial charge in [-0.05, 0) is 12.1 Å². The van der Waals surface area contributed by atoms with Gasteiger partial charge in [0.25, 0.3) is 0 Å². The van der Waals surface area contributed by atoms with Crippen LogP contribution in [0.4, 0.5) is 15.8 Å². The van der Waals surface area contributed by atoms with Crippen LogP contribution in [0.5, 0.6) is 0 Å². The van der Waals surface area contributed by atoms with Crippen molar-refractivity contribution in [3.63, 3.8) is 0 Å². The second kappa shape index (κ2) is 3.31. The van der Waals surface area contributed by atoms with Crippen LogP contribution in [0, 0.1) is 17.1 Å². The van der Waals surface area contributed by atoms with E-state index in [1.165, 1.54) is 6.07 Å². The van der Waals surface area contributed by atoms with E-state index in [2.05, 4.69) is 0 Å². The lowest BCUT2D eigenvalue weighted by Gasteiger charge is -2.14. The molecule has 0 aliphatic heterocycles. The molecule has 13 heavy (non-hydrogen) atoms. The fraction of sp³-hybridized carbons (Fsp3) is 0.222. The molecule has 0 saturated carbocycles. The third-order valence-corrected chi connectivity index (χ3v) is 1.72. The number of rotatable bonds is 1. The number of hydrogen-bond donors (Lipinski definition) is 1. The van der Waals surface area contributed by atoms with Gasteiger partial charge in [0, 0.05) is 14.1 Å². The van der Waals surface area contributed by atoms with Crippen molar-refractivity contribution < 1.29 is 4.39 Å². The van der Waals surface area contributed by atoms with Gasteiger partial charge in [-0.15, -0.1) is 0 Å². The fourth-order valence-electron chi connectivity index (χ4n) is 1.04. The number of nitriles is 1. The SMILES string of the molecule is CN(C)c1cc(N)c(F)cc1C#N. The Hall–Kier alpha value is -1.76. The first-order valence-electron chi connectivity index (χ1n) is 3.72. The predicted molar refractivity (Wildman–Crippen MR) is 49.9 cm³/mol. The van der Waals surface area contributed by atoms with Crippen LogP contribution in [0.2, 0.25) is 0 Å². The van der Waals surface area contributed by atoms with Crippen molar-refractivity contribution in [3.05, 3.63) is 23.5 Å². The molecule has 0 radical (unpaired) electrons. The van der Waals surface area contributed by atoms with Gasteiger partial charge in [-0.1, -0.05) is 0 Å². The monoisotopic (exact) mass is 179 g/mol. The van der Waals surface area contributed by atoms with E-state index < -0.39 is 5.82 Å². The van der Waals surface area contributed by atoms with Gasteiger partial charge in [0.05, 0.1) is 16.9 Å². The molecule has 0 amide bonds. The van der Waals surface area contributed by atoms with Crippen LogP contribution >= 0.6 is 0 Å². The van der Waals surface area contributed by atoms with Crippen molar-refractivity contribution in [2.75, 3.05) is 24.7 Å². The second-order valence-corrected chi connectivity index (χ2v) is 2.90. The Morgan fingerprint density at radius 1 is 1.46 bits per heavy atom. The third-order valence-electron chi connectivity index (χ3n) is 1.72. The molecule has 0 saturated heterocycles. The van der Waals surface area contributed by atoms with Gasteiger partial charge in [0.1, 0.15) is 11.9 Å². The van der Waals surface area contributed by atoms with Crippen LogP contribution in [-0.2, 0) is 0 Å². The van der Waals surface area contributed by atoms with Crippen LogP contribution in [0.15, 0.2) is 12.1 Å². The minimum absolute atomic E-state index is 0.0581. The van der Waals surface area contributed by atoms with Crippen LogP contribution in [0.25, 0.3) is 0 Å². The molecule has 0 spiro atoms. The molecule has 0 aromatic heterocycles. The zero-order valence-corrected chi connectivity index (χ0v) is 7.50. The molecular formula is C9H10FN3. The van der Waals surface area contributed by atoms with Gasteiger partial charge in [0.2, 0.25) is 0 Å². The topological polar surface area (TPSA) is 53.0 Å². The lowest BCUT2D eigenvalue weighted by atomic mass is 10.1. The van der Waals surface area contributed by atoms with Crippen LogP contribution in [-0.4, -0.2) is 14.1 Å². The van der Waals surface area contributed by atoms with E-state index in [4.69, 9.17) is 11.0 Å². The summed E-state index contributed by atoms with van der Waals surface area (Å²) in [6.07, 6.45) is 0. The summed E-state index contributed by atoms with van der Waals surface area (Å²) in [5, 5.41) is 8.70. The second-order valence-electron chi connectivity index (χ2n) is 2.90. The number of nitrogens with zero attached hydrogens (tertiary/aromatic N) is 2. The Morgan fingerprint density at radius 2 is 2.08 bits per heavy atom. The average Bonchev–Trinajstić information content (AvgIpc) is 2.08. The minimum atomic E-state index is -0.554. The Morgan fingerprint density at radius 3 is 2.54 bits per heavy atom. The molecular weight excluding hydrogens is 169 g/mol. The molecule has 4 heteroatoms. The normalized spacial score (nSPS) is 9.38. The predicted octanol–water partition coefficient (Wildman–Crippen LogP) is 1.35. The van der Waals surface area contributed by atoms with Crippen molar-refractivity contribution in [2.45, 2.75) is 0 Å². The zero-order chi connectivity index (χ0) is 10.0. The Labute approximate surface area is 76.2 Å². The van der Waals surface area contributed by atoms with E-state index >= 15 is 0 Å². The molecule has 0 aliphatic carbocycles. The Bertz CT molecular complexity index is 366. The maximum Gasteiger partial charge on any atom is 0.147 e. The highest BCUT2D eigenvalue weighted by Gasteiger charge is 2.08. The summed E-state index contributed by atoms with van der Waals surface area (Å²) in [6.45, 7) is 0. The highest BCUT2D eigenvalue weighted by molar-refractivity contribution is 5.65. The standard InChI is InChI=1S/C9H10FN3/c1-13(2)9-4-8(12)7(10)3-6(9)5-11/h3-4H,12H2,1-2H3. The number of anilines is 2. The molecule has 0 atom stereocenters. The van der Waals surface area contributed by atoms with Crippen molar-refractivity contribution in [1.29, 1.82) is 5.26 Å². The molecule has 0 unspecified atom stereocenters. The summed E-state index contributed by atoms with van der Waals surface area (Å²) in [6, 6.07) is 4.50. The maximum atomic E-state index is 12.9. The third kappa shape index (κ3) is 1.70. The first-order valence-corrected chi connectivity index (χ1v) is 3.72. The average molecular weight is 179 g/mol. The summed E-state index contributed by atoms with van der Waals surface area (Å²) in [5.74, 6) is -0.554. The van der Waals surface area contributed by atoms with Gasteiger partial charge in [-0.25, -0.2) is 4.39 Å². The van der Waals surface area contributed by atoms with E-state index in [0.717, 1.165) is 6.07 Å². The number of nitrogens with two attached hydrogens (primary N) is 1. The van der Waals surface area contributed by atoms with E-state index in [1.807, 2.05) is 6.07 Å². The maximum absolute atomic E-state index is 12.9. The van der Waals surface area contributed by atoms with Gasteiger partial charge >= 0.3 is 0 Å². The molecule has 0 fully saturated rings. The first kappa shape index (κ1) is 9.33. The zero-order valence-electron chi connectivity index (χ0n) is 7.50. The number of benzene rings is 1. The van der Waals surface area contributed by atoms with Crippen molar-refractivity contribution in [1.82, 2.24) is 0 Å². The lowest BCUT2D eigenvalue weighted by molar-refractivity contribution is 0.632. The van der Waals surface area contributed by atoms with E-state index in [0.29, 0.717) is 5.69 Å². The molecule has 0 aliphatic rings. The van der Waals surface area contributed by atoms with Gasteiger partial charge in [-0.2, -0.15) is 5.26 Å². The van der Waals surface area contributed by atoms with E-state index in [9.17, 15) is 4.39 Å². The van der Waals surface area contributed by atoms with Crippen LogP contribution in [0.3, 0.4) is 0 Å². The number of nitrogen functional groups attached to an aromatic ring is 1. The molecule has 2 N–H and O–H groups in total. The van der Waals surface area contributed by atoms with Gasteiger partial charge in [0.15, 0.2) is 0 Å². The Kier molecular flexibility index (Phi) is 2.38. The molecule has 3 nitrogen and oxygen atoms in total. The largest absolute Gasteiger partial charge is 0.396 e. The molecule has 1 aromatic carbocycles. The molecule has 0 bridgehead atoms. The summed E-state index contributed by atoms with van der Waals surface area (Å²) >= 11 is 0. The first-order chi connectivity index (χ1) is 6.06. The van der Waals surface area contributed by atoms with Crippen LogP contribution < -0.4 is 10.6 Å². The summed E-state index contributed by atoms with van der Waals surface area (Å²) in [7, 11) is 3.54. The van der Waals surface area contributed by atoms with Gasteiger partial charge in [-0.3, -0.25) is 0 Å². The summed E-state index contributed by atoms with van der Waals surface area (Å²) in [4.78, 5) is 1.72. The summed E-state index contributed by atoms with van der Waals surface area (Å²) < 4.78 is 12.9. The number of halogens is 1. The smallest absolute Gasteiger partial charge is 0.147 e. The highest BCUT2D eigenvalue weighted by atomic mass is 19.1. The minimum Gasteiger partial charge on any atom is -0.396 e. The van der Waals surface area contributed by atoms with E-state index in [-0.39, 0.29) is 11.3 Å². The molecule has 1 aromatic rings. The quantitative estimate of drug-likeness (QED) is 0.662. The lowest BCUT2D eigenvalue weighted by Crippen LogP contribution is -2.11. The van der Waals surface area contributed by atoms with Gasteiger partial charge < -0.3 is 10.6 Å². The molecule has 0 heterocycles. The Balaban J connectivity index is 3.35. The highest BCUT2D eigenvalue weighted by Crippen LogP contribution is 2.23. The number of hydrogen-bond acceptors (Lipinski definition) is 3. The van der Waals surface area contributed by atoms with Crippen LogP contribution in [0.1, 0.15) is 5.56 Å².